The summed E-state index contributed by atoms with van der Waals surface area (Å²) in [6.45, 7) is 6.77. The molecule has 5 aliphatic rings. The van der Waals surface area contributed by atoms with Crippen molar-refractivity contribution in [2.45, 2.75) is 55.1 Å². The molecule has 6 unspecified atom stereocenters. The van der Waals surface area contributed by atoms with Gasteiger partial charge in [0.15, 0.2) is 6.29 Å². The fourth-order valence-corrected chi connectivity index (χ4v) is 4.04. The van der Waals surface area contributed by atoms with E-state index >= 15 is 0 Å². The largest absolute Gasteiger partial charge is 0.379 e. The van der Waals surface area contributed by atoms with Crippen LogP contribution < -0.4 is 0 Å². The van der Waals surface area contributed by atoms with Gasteiger partial charge in [0, 0.05) is 11.5 Å². The first-order chi connectivity index (χ1) is 19.3. The first kappa shape index (κ1) is 29.3. The van der Waals surface area contributed by atoms with Gasteiger partial charge in [0.2, 0.25) is 0 Å². The highest BCUT2D eigenvalue weighted by molar-refractivity contribution is 4.94. The van der Waals surface area contributed by atoms with E-state index in [0.29, 0.717) is 85.8 Å². The average Bonchev–Trinajstić information content (AvgIpc) is 3.77. The molecule has 15 nitrogen and oxygen atoms in total. The molecule has 0 N–H and O–H groups in total. The molecule has 0 bridgehead atoms. The van der Waals surface area contributed by atoms with Crippen LogP contribution in [0.25, 0.3) is 10.4 Å². The van der Waals surface area contributed by atoms with E-state index in [1.54, 1.807) is 0 Å². The molecule has 0 aromatic heterocycles. The highest BCUT2D eigenvalue weighted by Crippen LogP contribution is 2.32. The summed E-state index contributed by atoms with van der Waals surface area (Å²) in [5, 5.41) is 3.42. The van der Waals surface area contributed by atoms with Crippen LogP contribution in [0.15, 0.2) is 5.11 Å². The van der Waals surface area contributed by atoms with Gasteiger partial charge in [0.25, 0.3) is 0 Å². The maximum absolute atomic E-state index is 8.28. The standard InChI is InChI=1S/C24H39N3O12/c25-27-26-1-2-28-3-4-29-5-6-31-24-23(38-14-19-11-35-19)22(37-13-18-10-34-18)21(36-12-17-9-33-17)20(39-24)15-30-7-16-8-32-16/h16-24H,1-15H2/t16?,17?,18?,19?,20?,21-,22-,23?,24+/m0/s1. The zero-order chi connectivity index (χ0) is 26.7. The summed E-state index contributed by atoms with van der Waals surface area (Å²) in [7, 11) is 0. The van der Waals surface area contributed by atoms with Gasteiger partial charge in [-0.25, -0.2) is 0 Å². The number of hydrogen-bond donors (Lipinski definition) is 0. The van der Waals surface area contributed by atoms with Crippen LogP contribution in [0.2, 0.25) is 0 Å². The Morgan fingerprint density at radius 3 is 1.74 bits per heavy atom. The van der Waals surface area contributed by atoms with Crippen molar-refractivity contribution in [3.05, 3.63) is 10.4 Å². The summed E-state index contributed by atoms with van der Waals surface area (Å²) in [5.41, 5.74) is 8.28. The Bertz CT molecular complexity index is 761. The van der Waals surface area contributed by atoms with E-state index in [2.05, 4.69) is 10.0 Å². The van der Waals surface area contributed by atoms with Crippen molar-refractivity contribution in [1.82, 2.24) is 0 Å². The lowest BCUT2D eigenvalue weighted by atomic mass is 9.98. The summed E-state index contributed by atoms with van der Waals surface area (Å²) in [5.74, 6) is 0. The fraction of sp³-hybridized carbons (Fsp3) is 1.00. The van der Waals surface area contributed by atoms with E-state index < -0.39 is 30.7 Å². The van der Waals surface area contributed by atoms with Crippen LogP contribution in [-0.4, -0.2) is 154 Å². The molecule has 222 valence electrons. The van der Waals surface area contributed by atoms with Crippen LogP contribution >= 0.6 is 0 Å². The first-order valence-corrected chi connectivity index (χ1v) is 13.6. The van der Waals surface area contributed by atoms with Gasteiger partial charge in [0.1, 0.15) is 48.8 Å². The first-order valence-electron chi connectivity index (χ1n) is 13.6. The molecule has 0 saturated carbocycles. The summed E-state index contributed by atoms with van der Waals surface area (Å²) < 4.78 is 69.7. The Labute approximate surface area is 227 Å². The van der Waals surface area contributed by atoms with Crippen LogP contribution in [0.3, 0.4) is 0 Å². The van der Waals surface area contributed by atoms with E-state index in [-0.39, 0.29) is 37.6 Å². The van der Waals surface area contributed by atoms with Crippen molar-refractivity contribution in [1.29, 1.82) is 0 Å². The van der Waals surface area contributed by atoms with Crippen LogP contribution in [0.4, 0.5) is 0 Å². The molecular weight excluding hydrogens is 522 g/mol. The van der Waals surface area contributed by atoms with Crippen LogP contribution in [0.1, 0.15) is 0 Å². The third-order valence-corrected chi connectivity index (χ3v) is 6.49. The molecule has 0 amide bonds. The summed E-state index contributed by atoms with van der Waals surface area (Å²) in [6, 6.07) is 0. The SMILES string of the molecule is [N-]=[N+]=NCCOCCOCCO[C@@H]1OC(COCC2CO2)[C@H](OCC2CO2)[C@H](OCC2CO2)C1OCC1CO1. The lowest BCUT2D eigenvalue weighted by molar-refractivity contribution is -0.325. The van der Waals surface area contributed by atoms with Crippen LogP contribution in [-0.2, 0) is 56.8 Å². The van der Waals surface area contributed by atoms with Crippen molar-refractivity contribution in [2.24, 2.45) is 5.11 Å². The fourth-order valence-electron chi connectivity index (χ4n) is 4.04. The molecule has 5 heterocycles. The molecule has 5 rings (SSSR count). The minimum atomic E-state index is -0.736. The van der Waals surface area contributed by atoms with E-state index in [1.165, 1.54) is 0 Å². The summed E-state index contributed by atoms with van der Waals surface area (Å²) in [6.07, 6.45) is -2.37. The molecule has 0 aliphatic carbocycles. The second-order valence-corrected chi connectivity index (χ2v) is 9.85. The highest BCUT2D eigenvalue weighted by Gasteiger charge is 2.50. The number of nitrogens with zero attached hydrogens (tertiary/aromatic N) is 3. The summed E-state index contributed by atoms with van der Waals surface area (Å²) in [4.78, 5) is 2.68. The third-order valence-electron chi connectivity index (χ3n) is 6.49. The van der Waals surface area contributed by atoms with Gasteiger partial charge >= 0.3 is 0 Å². The smallest absolute Gasteiger partial charge is 0.187 e. The predicted molar refractivity (Wildman–Crippen MR) is 129 cm³/mol. The molecule has 5 fully saturated rings. The van der Waals surface area contributed by atoms with Crippen molar-refractivity contribution in [2.75, 3.05) is 99.0 Å². The van der Waals surface area contributed by atoms with Crippen molar-refractivity contribution >= 4 is 0 Å². The van der Waals surface area contributed by atoms with Gasteiger partial charge < -0.3 is 56.8 Å². The number of epoxide rings is 4. The maximum Gasteiger partial charge on any atom is 0.187 e. The Kier molecular flexibility index (Phi) is 11.8. The monoisotopic (exact) mass is 561 g/mol. The molecular formula is C24H39N3O12. The Balaban J connectivity index is 1.16. The zero-order valence-electron chi connectivity index (χ0n) is 22.0. The Morgan fingerprint density at radius 2 is 1.13 bits per heavy atom. The molecule has 9 atom stereocenters. The Hall–Kier alpha value is -1.17. The topological polar surface area (TPSA) is 173 Å². The van der Waals surface area contributed by atoms with Gasteiger partial charge in [-0.3, -0.25) is 0 Å². The molecule has 39 heavy (non-hydrogen) atoms. The van der Waals surface area contributed by atoms with Gasteiger partial charge in [-0.2, -0.15) is 0 Å². The molecule has 15 heteroatoms. The molecule has 0 radical (unpaired) electrons. The zero-order valence-corrected chi connectivity index (χ0v) is 22.0. The van der Waals surface area contributed by atoms with E-state index in [4.69, 9.17) is 62.4 Å². The Morgan fingerprint density at radius 1 is 0.590 bits per heavy atom. The quantitative estimate of drug-likeness (QED) is 0.0531. The second-order valence-electron chi connectivity index (χ2n) is 9.85. The average molecular weight is 562 g/mol. The third kappa shape index (κ3) is 11.0. The molecule has 5 aliphatic heterocycles. The van der Waals surface area contributed by atoms with E-state index in [0.717, 1.165) is 0 Å². The van der Waals surface area contributed by atoms with Gasteiger partial charge in [-0.15, -0.1) is 0 Å². The van der Waals surface area contributed by atoms with Gasteiger partial charge in [-0.1, -0.05) is 5.11 Å². The molecule has 0 aromatic carbocycles. The lowest BCUT2D eigenvalue weighted by Gasteiger charge is -2.45. The van der Waals surface area contributed by atoms with Crippen LogP contribution in [0, 0.1) is 0 Å². The second kappa shape index (κ2) is 15.7. The van der Waals surface area contributed by atoms with Crippen molar-refractivity contribution in [3.63, 3.8) is 0 Å². The van der Waals surface area contributed by atoms with Crippen LogP contribution in [0.5, 0.6) is 0 Å². The number of rotatable bonds is 23. The molecule has 0 aromatic rings. The predicted octanol–water partition coefficient (Wildman–Crippen LogP) is -0.161. The number of hydrogen-bond acceptors (Lipinski definition) is 13. The molecule has 0 spiro atoms. The minimum absolute atomic E-state index is 0.0547. The van der Waals surface area contributed by atoms with E-state index in [9.17, 15) is 0 Å². The van der Waals surface area contributed by atoms with Crippen molar-refractivity contribution < 1.29 is 56.8 Å². The number of azide groups is 1. The van der Waals surface area contributed by atoms with Gasteiger partial charge in [-0.05, 0) is 5.53 Å². The van der Waals surface area contributed by atoms with E-state index in [1.807, 2.05) is 0 Å². The highest BCUT2D eigenvalue weighted by atomic mass is 16.7. The normalized spacial score (nSPS) is 36.4. The van der Waals surface area contributed by atoms with Gasteiger partial charge in [0.05, 0.1) is 92.5 Å². The van der Waals surface area contributed by atoms with Crippen molar-refractivity contribution in [3.8, 4) is 0 Å². The summed E-state index contributed by atoms with van der Waals surface area (Å²) >= 11 is 0. The number of ether oxygens (including phenoxy) is 12. The maximum atomic E-state index is 8.28. The molecule has 5 saturated heterocycles. The minimum Gasteiger partial charge on any atom is -0.379 e. The lowest BCUT2D eigenvalue weighted by Crippen LogP contribution is -2.62.